The zero-order valence-corrected chi connectivity index (χ0v) is 19.7. The largest absolute Gasteiger partial charge is 0.493 e. The van der Waals surface area contributed by atoms with Crippen LogP contribution < -0.4 is 10.1 Å². The molecule has 2 amide bonds. The first-order chi connectivity index (χ1) is 16.6. The van der Waals surface area contributed by atoms with Crippen LogP contribution in [0.4, 0.5) is 5.13 Å². The highest BCUT2D eigenvalue weighted by Crippen LogP contribution is 2.32. The van der Waals surface area contributed by atoms with Crippen LogP contribution in [0.2, 0.25) is 0 Å². The second-order valence-electron chi connectivity index (χ2n) is 8.02. The van der Waals surface area contributed by atoms with Crippen LogP contribution in [0.25, 0.3) is 20.8 Å². The first-order valence-electron chi connectivity index (χ1n) is 10.9. The summed E-state index contributed by atoms with van der Waals surface area (Å²) in [5.74, 6) is 0.594. The Kier molecular flexibility index (Phi) is 5.48. The molecule has 2 aromatic carbocycles. The molecule has 8 nitrogen and oxygen atoms in total. The van der Waals surface area contributed by atoms with Crippen molar-refractivity contribution in [3.05, 3.63) is 58.6 Å². The molecule has 0 saturated carbocycles. The maximum Gasteiger partial charge on any atom is 0.276 e. The molecule has 4 aromatic rings. The third kappa shape index (κ3) is 4.04. The van der Waals surface area contributed by atoms with E-state index >= 15 is 0 Å². The minimum Gasteiger partial charge on any atom is -0.493 e. The van der Waals surface area contributed by atoms with Crippen molar-refractivity contribution in [2.75, 3.05) is 38.2 Å². The predicted octanol–water partition coefficient (Wildman–Crippen LogP) is 4.08. The van der Waals surface area contributed by atoms with Gasteiger partial charge in [-0.25, -0.2) is 9.97 Å². The number of fused-ring (bicyclic) bond motifs is 2. The standard InChI is InChI=1S/C24H20N4O4S2/c29-21(18-13-33-22(25-18)15-2-4-19-14(11-15)5-8-32-19)27-24-26-17-3-1-16(12-20(17)34-24)23(30)28-6-9-31-10-7-28/h1-4,11-13H,5-10H2,(H,26,27,29). The second-order valence-corrected chi connectivity index (χ2v) is 9.91. The number of morpholine rings is 1. The topological polar surface area (TPSA) is 93.7 Å². The van der Waals surface area contributed by atoms with Crippen LogP contribution in [0.1, 0.15) is 26.4 Å². The summed E-state index contributed by atoms with van der Waals surface area (Å²) >= 11 is 2.77. The van der Waals surface area contributed by atoms with Crippen LogP contribution in [-0.4, -0.2) is 59.6 Å². The molecular weight excluding hydrogens is 472 g/mol. The molecule has 2 aliphatic heterocycles. The summed E-state index contributed by atoms with van der Waals surface area (Å²) < 4.78 is 11.7. The van der Waals surface area contributed by atoms with E-state index in [9.17, 15) is 9.59 Å². The molecule has 1 N–H and O–H groups in total. The number of benzene rings is 2. The maximum atomic E-state index is 12.8. The fraction of sp³-hybridized carbons (Fsp3) is 0.250. The fourth-order valence-corrected chi connectivity index (χ4v) is 5.75. The smallest absolute Gasteiger partial charge is 0.276 e. The molecule has 0 aliphatic carbocycles. The van der Waals surface area contributed by atoms with E-state index in [-0.39, 0.29) is 11.8 Å². The van der Waals surface area contributed by atoms with Gasteiger partial charge in [0, 0.05) is 36.0 Å². The summed E-state index contributed by atoms with van der Waals surface area (Å²) in [6.07, 6.45) is 0.888. The lowest BCUT2D eigenvalue weighted by Crippen LogP contribution is -2.40. The molecule has 172 valence electrons. The zero-order valence-electron chi connectivity index (χ0n) is 18.1. The Morgan fingerprint density at radius 3 is 2.79 bits per heavy atom. The number of hydrogen-bond donors (Lipinski definition) is 1. The van der Waals surface area contributed by atoms with Crippen LogP contribution in [-0.2, 0) is 11.2 Å². The van der Waals surface area contributed by atoms with Gasteiger partial charge in [0.15, 0.2) is 5.13 Å². The van der Waals surface area contributed by atoms with Crippen molar-refractivity contribution in [2.24, 2.45) is 0 Å². The Labute approximate surface area is 203 Å². The van der Waals surface area contributed by atoms with Gasteiger partial charge in [-0.15, -0.1) is 11.3 Å². The van der Waals surface area contributed by atoms with E-state index < -0.39 is 0 Å². The molecule has 34 heavy (non-hydrogen) atoms. The lowest BCUT2D eigenvalue weighted by Gasteiger charge is -2.26. The minimum atomic E-state index is -0.310. The normalized spacial score (nSPS) is 15.2. The number of nitrogens with one attached hydrogen (secondary N) is 1. The van der Waals surface area contributed by atoms with Gasteiger partial charge in [-0.3, -0.25) is 14.9 Å². The van der Waals surface area contributed by atoms with Gasteiger partial charge in [-0.1, -0.05) is 11.3 Å². The van der Waals surface area contributed by atoms with E-state index in [4.69, 9.17) is 9.47 Å². The molecule has 0 spiro atoms. The van der Waals surface area contributed by atoms with Gasteiger partial charge in [-0.2, -0.15) is 0 Å². The van der Waals surface area contributed by atoms with Gasteiger partial charge in [0.2, 0.25) is 0 Å². The Balaban J connectivity index is 1.18. The number of hydrogen-bond acceptors (Lipinski definition) is 8. The summed E-state index contributed by atoms with van der Waals surface area (Å²) in [5.41, 5.74) is 3.84. The van der Waals surface area contributed by atoms with E-state index in [1.807, 2.05) is 24.3 Å². The Hall–Kier alpha value is -3.34. The molecule has 0 atom stereocenters. The van der Waals surface area contributed by atoms with Crippen molar-refractivity contribution < 1.29 is 19.1 Å². The molecular formula is C24H20N4O4S2. The van der Waals surface area contributed by atoms with Crippen LogP contribution in [0.15, 0.2) is 41.8 Å². The summed E-state index contributed by atoms with van der Waals surface area (Å²) in [4.78, 5) is 36.4. The summed E-state index contributed by atoms with van der Waals surface area (Å²) in [6, 6.07) is 11.4. The fourth-order valence-electron chi connectivity index (χ4n) is 4.05. The first-order valence-corrected chi connectivity index (χ1v) is 12.6. The van der Waals surface area contributed by atoms with E-state index in [1.54, 1.807) is 16.3 Å². The van der Waals surface area contributed by atoms with Gasteiger partial charge >= 0.3 is 0 Å². The van der Waals surface area contributed by atoms with Crippen molar-refractivity contribution in [3.63, 3.8) is 0 Å². The number of carbonyl (C=O) groups is 2. The van der Waals surface area contributed by atoms with Gasteiger partial charge < -0.3 is 14.4 Å². The van der Waals surface area contributed by atoms with Crippen LogP contribution in [0, 0.1) is 0 Å². The molecule has 10 heteroatoms. The van der Waals surface area contributed by atoms with E-state index in [0.29, 0.717) is 49.3 Å². The average Bonchev–Trinajstić information content (AvgIpc) is 3.62. The zero-order chi connectivity index (χ0) is 23.1. The van der Waals surface area contributed by atoms with Crippen molar-refractivity contribution in [2.45, 2.75) is 6.42 Å². The van der Waals surface area contributed by atoms with Crippen molar-refractivity contribution in [3.8, 4) is 16.3 Å². The molecule has 2 aromatic heterocycles. The van der Waals surface area contributed by atoms with Gasteiger partial charge in [0.25, 0.3) is 11.8 Å². The Bertz CT molecular complexity index is 1410. The third-order valence-corrected chi connectivity index (χ3v) is 7.65. The van der Waals surface area contributed by atoms with Crippen LogP contribution in [0.5, 0.6) is 5.75 Å². The molecule has 0 radical (unpaired) electrons. The number of thiazole rings is 2. The maximum absolute atomic E-state index is 12.8. The second kappa shape index (κ2) is 8.79. The molecule has 4 heterocycles. The molecule has 2 aliphatic rings. The summed E-state index contributed by atoms with van der Waals surface area (Å²) in [5, 5.41) is 5.86. The van der Waals surface area contributed by atoms with E-state index in [2.05, 4.69) is 21.4 Å². The Morgan fingerprint density at radius 2 is 1.91 bits per heavy atom. The first kappa shape index (κ1) is 21.2. The van der Waals surface area contributed by atoms with Gasteiger partial charge in [-0.05, 0) is 42.0 Å². The quantitative estimate of drug-likeness (QED) is 0.461. The minimum absolute atomic E-state index is 0.0164. The molecule has 6 rings (SSSR count). The number of aromatic nitrogens is 2. The number of rotatable bonds is 4. The van der Waals surface area contributed by atoms with E-state index in [0.717, 1.165) is 33.0 Å². The van der Waals surface area contributed by atoms with E-state index in [1.165, 1.54) is 28.2 Å². The summed E-state index contributed by atoms with van der Waals surface area (Å²) in [7, 11) is 0. The highest BCUT2D eigenvalue weighted by atomic mass is 32.1. The average molecular weight is 493 g/mol. The van der Waals surface area contributed by atoms with Crippen molar-refractivity contribution in [1.29, 1.82) is 0 Å². The lowest BCUT2D eigenvalue weighted by molar-refractivity contribution is 0.0303. The van der Waals surface area contributed by atoms with Crippen LogP contribution in [0.3, 0.4) is 0 Å². The summed E-state index contributed by atoms with van der Waals surface area (Å²) in [6.45, 7) is 3.01. The number of nitrogens with zero attached hydrogens (tertiary/aromatic N) is 3. The Morgan fingerprint density at radius 1 is 1.03 bits per heavy atom. The predicted molar refractivity (Wildman–Crippen MR) is 131 cm³/mol. The molecule has 0 bridgehead atoms. The number of anilines is 1. The molecule has 0 unspecified atom stereocenters. The number of amides is 2. The van der Waals surface area contributed by atoms with Crippen LogP contribution >= 0.6 is 22.7 Å². The number of ether oxygens (including phenoxy) is 2. The van der Waals surface area contributed by atoms with Crippen molar-refractivity contribution in [1.82, 2.24) is 14.9 Å². The van der Waals surface area contributed by atoms with Crippen molar-refractivity contribution >= 4 is 49.8 Å². The highest BCUT2D eigenvalue weighted by molar-refractivity contribution is 7.22. The molecule has 1 saturated heterocycles. The SMILES string of the molecule is O=C(Nc1nc2ccc(C(=O)N3CCOCC3)cc2s1)c1csc(-c2ccc3c(c2)CCO3)n1. The monoisotopic (exact) mass is 492 g/mol. The molecule has 1 fully saturated rings. The number of carbonyl (C=O) groups excluding carboxylic acids is 2. The third-order valence-electron chi connectivity index (χ3n) is 5.83. The van der Waals surface area contributed by atoms with Gasteiger partial charge in [0.1, 0.15) is 16.5 Å². The highest BCUT2D eigenvalue weighted by Gasteiger charge is 2.20. The van der Waals surface area contributed by atoms with Gasteiger partial charge in [0.05, 0.1) is 30.0 Å². The lowest BCUT2D eigenvalue weighted by atomic mass is 10.1.